The molecule has 1 saturated heterocycles. The van der Waals surface area contributed by atoms with Crippen molar-refractivity contribution in [2.24, 2.45) is 11.8 Å². The molecule has 0 aromatic carbocycles. The summed E-state index contributed by atoms with van der Waals surface area (Å²) in [6, 6.07) is 4.21. The monoisotopic (exact) mass is 280 g/mol. The van der Waals surface area contributed by atoms with Gasteiger partial charge in [0.25, 0.3) is 0 Å². The van der Waals surface area contributed by atoms with Crippen LogP contribution in [0.4, 0.5) is 0 Å². The molecule has 1 N–H and O–H groups in total. The van der Waals surface area contributed by atoms with E-state index in [1.165, 1.54) is 11.3 Å². The molecule has 4 heteroatoms. The first-order chi connectivity index (χ1) is 9.04. The van der Waals surface area contributed by atoms with Gasteiger partial charge in [0.2, 0.25) is 5.91 Å². The second-order valence-electron chi connectivity index (χ2n) is 5.94. The predicted molar refractivity (Wildman–Crippen MR) is 80.3 cm³/mol. The molecule has 1 aliphatic heterocycles. The standard InChI is InChI=1S/C15H24N2OS/c1-11-7-12(2)9-17(8-11)10-15(18)16-13(3)14-5-4-6-19-14/h4-6,11-13H,7-10H2,1-3H3,(H,16,18). The van der Waals surface area contributed by atoms with Crippen LogP contribution in [0.1, 0.15) is 38.1 Å². The van der Waals surface area contributed by atoms with E-state index in [2.05, 4.69) is 30.1 Å². The number of hydrogen-bond donors (Lipinski definition) is 1. The topological polar surface area (TPSA) is 32.3 Å². The molecule has 0 radical (unpaired) electrons. The smallest absolute Gasteiger partial charge is 0.234 e. The van der Waals surface area contributed by atoms with E-state index in [-0.39, 0.29) is 11.9 Å². The highest BCUT2D eigenvalue weighted by Crippen LogP contribution is 2.21. The Labute approximate surface area is 120 Å². The summed E-state index contributed by atoms with van der Waals surface area (Å²) in [5.74, 6) is 1.54. The van der Waals surface area contributed by atoms with Crippen LogP contribution in [0.5, 0.6) is 0 Å². The van der Waals surface area contributed by atoms with Gasteiger partial charge in [-0.05, 0) is 36.6 Å². The number of rotatable bonds is 4. The molecule has 106 valence electrons. The Morgan fingerprint density at radius 3 is 2.74 bits per heavy atom. The van der Waals surface area contributed by atoms with Gasteiger partial charge < -0.3 is 5.32 Å². The van der Waals surface area contributed by atoms with E-state index >= 15 is 0 Å². The zero-order valence-corrected chi connectivity index (χ0v) is 12.9. The Morgan fingerprint density at radius 2 is 2.16 bits per heavy atom. The van der Waals surface area contributed by atoms with E-state index in [1.54, 1.807) is 11.3 Å². The van der Waals surface area contributed by atoms with Gasteiger partial charge in [-0.1, -0.05) is 19.9 Å². The Bertz CT molecular complexity index is 394. The lowest BCUT2D eigenvalue weighted by Gasteiger charge is -2.34. The molecule has 1 fully saturated rings. The van der Waals surface area contributed by atoms with Crippen molar-refractivity contribution in [3.8, 4) is 0 Å². The summed E-state index contributed by atoms with van der Waals surface area (Å²) in [5.41, 5.74) is 0. The molecule has 3 nitrogen and oxygen atoms in total. The fraction of sp³-hybridized carbons (Fsp3) is 0.667. The molecular formula is C15H24N2OS. The lowest BCUT2D eigenvalue weighted by atomic mass is 9.92. The number of amides is 1. The Kier molecular flexibility index (Phi) is 4.99. The average molecular weight is 280 g/mol. The van der Waals surface area contributed by atoms with Gasteiger partial charge in [-0.3, -0.25) is 9.69 Å². The third-order valence-electron chi connectivity index (χ3n) is 3.66. The van der Waals surface area contributed by atoms with Crippen molar-refractivity contribution in [2.45, 2.75) is 33.2 Å². The molecule has 2 rings (SSSR count). The molecule has 1 aliphatic rings. The maximum Gasteiger partial charge on any atom is 0.234 e. The fourth-order valence-corrected chi connectivity index (χ4v) is 3.75. The van der Waals surface area contributed by atoms with E-state index in [4.69, 9.17) is 0 Å². The molecule has 1 aromatic rings. The van der Waals surface area contributed by atoms with E-state index in [1.807, 2.05) is 18.4 Å². The summed E-state index contributed by atoms with van der Waals surface area (Å²) < 4.78 is 0. The minimum Gasteiger partial charge on any atom is -0.348 e. The number of carbonyl (C=O) groups excluding carboxylic acids is 1. The van der Waals surface area contributed by atoms with Crippen LogP contribution in [0.2, 0.25) is 0 Å². The lowest BCUT2D eigenvalue weighted by molar-refractivity contribution is -0.123. The predicted octanol–water partition coefficient (Wildman–Crippen LogP) is 2.90. The molecule has 3 atom stereocenters. The molecule has 0 saturated carbocycles. The summed E-state index contributed by atoms with van der Waals surface area (Å²) in [6.45, 7) is 9.22. The molecule has 0 aliphatic carbocycles. The number of thiophene rings is 1. The van der Waals surface area contributed by atoms with E-state index < -0.39 is 0 Å². The van der Waals surface area contributed by atoms with Crippen molar-refractivity contribution >= 4 is 17.2 Å². The average Bonchev–Trinajstić information content (AvgIpc) is 2.80. The van der Waals surface area contributed by atoms with Gasteiger partial charge in [-0.25, -0.2) is 0 Å². The number of piperidine rings is 1. The number of hydrogen-bond acceptors (Lipinski definition) is 3. The molecule has 1 amide bonds. The molecule has 0 spiro atoms. The van der Waals surface area contributed by atoms with E-state index in [0.717, 1.165) is 13.1 Å². The van der Waals surface area contributed by atoms with Gasteiger partial charge in [0, 0.05) is 18.0 Å². The first-order valence-corrected chi connectivity index (χ1v) is 7.97. The highest BCUT2D eigenvalue weighted by molar-refractivity contribution is 7.10. The van der Waals surface area contributed by atoms with Gasteiger partial charge in [-0.15, -0.1) is 11.3 Å². The third kappa shape index (κ3) is 4.32. The van der Waals surface area contributed by atoms with Crippen molar-refractivity contribution < 1.29 is 4.79 Å². The fourth-order valence-electron chi connectivity index (χ4n) is 3.02. The first-order valence-electron chi connectivity index (χ1n) is 7.09. The second kappa shape index (κ2) is 6.53. The van der Waals surface area contributed by atoms with Crippen LogP contribution in [0, 0.1) is 11.8 Å². The van der Waals surface area contributed by atoms with Gasteiger partial charge in [0.1, 0.15) is 0 Å². The maximum atomic E-state index is 12.1. The van der Waals surface area contributed by atoms with E-state index in [0.29, 0.717) is 18.4 Å². The number of nitrogens with one attached hydrogen (secondary N) is 1. The van der Waals surface area contributed by atoms with Crippen LogP contribution in [-0.2, 0) is 4.79 Å². The second-order valence-corrected chi connectivity index (χ2v) is 6.92. The molecular weight excluding hydrogens is 256 g/mol. The SMILES string of the molecule is CC1CC(C)CN(CC(=O)NC(C)c2cccs2)C1. The highest BCUT2D eigenvalue weighted by Gasteiger charge is 2.23. The van der Waals surface area contributed by atoms with Crippen molar-refractivity contribution in [1.82, 2.24) is 10.2 Å². The minimum absolute atomic E-state index is 0.118. The van der Waals surface area contributed by atoms with E-state index in [9.17, 15) is 4.79 Å². The normalized spacial score (nSPS) is 26.1. The van der Waals surface area contributed by atoms with Crippen LogP contribution in [0.15, 0.2) is 17.5 Å². The van der Waals surface area contributed by atoms with Crippen molar-refractivity contribution in [3.05, 3.63) is 22.4 Å². The lowest BCUT2D eigenvalue weighted by Crippen LogP contribution is -2.44. The molecule has 19 heavy (non-hydrogen) atoms. The minimum atomic E-state index is 0.118. The van der Waals surface area contributed by atoms with Crippen LogP contribution in [0.25, 0.3) is 0 Å². The summed E-state index contributed by atoms with van der Waals surface area (Å²) in [7, 11) is 0. The summed E-state index contributed by atoms with van der Waals surface area (Å²) in [6.07, 6.45) is 1.28. The number of carbonyl (C=O) groups is 1. The summed E-state index contributed by atoms with van der Waals surface area (Å²) in [4.78, 5) is 15.6. The number of nitrogens with zero attached hydrogens (tertiary/aromatic N) is 1. The van der Waals surface area contributed by atoms with Gasteiger partial charge in [0.05, 0.1) is 12.6 Å². The largest absolute Gasteiger partial charge is 0.348 e. The van der Waals surface area contributed by atoms with Gasteiger partial charge in [0.15, 0.2) is 0 Å². The zero-order chi connectivity index (χ0) is 13.8. The Morgan fingerprint density at radius 1 is 1.47 bits per heavy atom. The molecule has 1 aromatic heterocycles. The van der Waals surface area contributed by atoms with Crippen LogP contribution >= 0.6 is 11.3 Å². The first kappa shape index (κ1) is 14.5. The van der Waals surface area contributed by atoms with Gasteiger partial charge in [-0.2, -0.15) is 0 Å². The van der Waals surface area contributed by atoms with Crippen molar-refractivity contribution in [1.29, 1.82) is 0 Å². The highest BCUT2D eigenvalue weighted by atomic mass is 32.1. The van der Waals surface area contributed by atoms with Crippen molar-refractivity contribution in [2.75, 3.05) is 19.6 Å². The summed E-state index contributed by atoms with van der Waals surface area (Å²) in [5, 5.41) is 5.14. The Hall–Kier alpha value is -0.870. The zero-order valence-electron chi connectivity index (χ0n) is 12.1. The maximum absolute atomic E-state index is 12.1. The van der Waals surface area contributed by atoms with Crippen LogP contribution < -0.4 is 5.32 Å². The number of likely N-dealkylation sites (tertiary alicyclic amines) is 1. The van der Waals surface area contributed by atoms with Crippen LogP contribution in [-0.4, -0.2) is 30.4 Å². The third-order valence-corrected chi connectivity index (χ3v) is 4.71. The van der Waals surface area contributed by atoms with Crippen LogP contribution in [0.3, 0.4) is 0 Å². The summed E-state index contributed by atoms with van der Waals surface area (Å²) >= 11 is 1.69. The Balaban J connectivity index is 1.81. The molecule has 3 unspecified atom stereocenters. The molecule has 2 heterocycles. The molecule has 0 bridgehead atoms. The quantitative estimate of drug-likeness (QED) is 0.920. The van der Waals surface area contributed by atoms with Gasteiger partial charge >= 0.3 is 0 Å². The van der Waals surface area contributed by atoms with Crippen molar-refractivity contribution in [3.63, 3.8) is 0 Å².